The summed E-state index contributed by atoms with van der Waals surface area (Å²) in [6.45, 7) is 0. The highest BCUT2D eigenvalue weighted by Crippen LogP contribution is 2.41. The van der Waals surface area contributed by atoms with E-state index in [2.05, 4.69) is 21.6 Å². The van der Waals surface area contributed by atoms with Crippen LogP contribution in [0.2, 0.25) is 0 Å². The van der Waals surface area contributed by atoms with Gasteiger partial charge in [0.05, 0.1) is 18.0 Å². The molecule has 1 saturated carbocycles. The SMILES string of the molecule is N#CC1(C(=O)Nc2cn[nH]c2)CCC1. The van der Waals surface area contributed by atoms with Crippen LogP contribution in [-0.4, -0.2) is 16.1 Å². The van der Waals surface area contributed by atoms with Gasteiger partial charge in [-0.1, -0.05) is 0 Å². The number of aromatic nitrogens is 2. The second kappa shape index (κ2) is 3.14. The molecule has 2 N–H and O–H groups in total. The molecule has 0 aromatic carbocycles. The minimum atomic E-state index is -0.794. The van der Waals surface area contributed by atoms with E-state index < -0.39 is 5.41 Å². The molecule has 1 fully saturated rings. The fraction of sp³-hybridized carbons (Fsp3) is 0.444. The van der Waals surface area contributed by atoms with Gasteiger partial charge in [-0.15, -0.1) is 0 Å². The number of nitrogens with zero attached hydrogens (tertiary/aromatic N) is 2. The van der Waals surface area contributed by atoms with E-state index in [0.29, 0.717) is 18.5 Å². The Bertz CT molecular complexity index is 372. The molecular formula is C9H10N4O. The summed E-state index contributed by atoms with van der Waals surface area (Å²) in [5.74, 6) is -0.215. The minimum Gasteiger partial charge on any atom is -0.322 e. The van der Waals surface area contributed by atoms with E-state index in [9.17, 15) is 4.79 Å². The van der Waals surface area contributed by atoms with Crippen LogP contribution in [0.3, 0.4) is 0 Å². The summed E-state index contributed by atoms with van der Waals surface area (Å²) in [5, 5.41) is 17.9. The van der Waals surface area contributed by atoms with Crippen molar-refractivity contribution in [1.82, 2.24) is 10.2 Å². The zero-order chi connectivity index (χ0) is 10.0. The van der Waals surface area contributed by atoms with Crippen LogP contribution in [0, 0.1) is 16.7 Å². The van der Waals surface area contributed by atoms with Crippen molar-refractivity contribution in [2.75, 3.05) is 5.32 Å². The molecule has 1 heterocycles. The average molecular weight is 190 g/mol. The Morgan fingerprint density at radius 1 is 1.71 bits per heavy atom. The Morgan fingerprint density at radius 3 is 2.93 bits per heavy atom. The molecule has 0 unspecified atom stereocenters. The summed E-state index contributed by atoms with van der Waals surface area (Å²) in [4.78, 5) is 11.7. The van der Waals surface area contributed by atoms with Gasteiger partial charge in [-0.05, 0) is 19.3 Å². The van der Waals surface area contributed by atoms with E-state index in [1.807, 2.05) is 0 Å². The lowest BCUT2D eigenvalue weighted by Gasteiger charge is -2.32. The van der Waals surface area contributed by atoms with Gasteiger partial charge < -0.3 is 5.32 Å². The third kappa shape index (κ3) is 1.25. The molecule has 0 bridgehead atoms. The number of carbonyl (C=O) groups excluding carboxylic acids is 1. The maximum atomic E-state index is 11.7. The highest BCUT2D eigenvalue weighted by atomic mass is 16.2. The molecule has 2 rings (SSSR count). The number of hydrogen-bond donors (Lipinski definition) is 2. The number of rotatable bonds is 2. The van der Waals surface area contributed by atoms with Gasteiger partial charge >= 0.3 is 0 Å². The molecule has 72 valence electrons. The van der Waals surface area contributed by atoms with Gasteiger partial charge in [-0.3, -0.25) is 9.89 Å². The first-order valence-electron chi connectivity index (χ1n) is 4.48. The van der Waals surface area contributed by atoms with Crippen molar-refractivity contribution in [3.8, 4) is 6.07 Å². The molecule has 14 heavy (non-hydrogen) atoms. The standard InChI is InChI=1S/C9H10N4O/c10-6-9(2-1-3-9)8(14)13-7-4-11-12-5-7/h4-5H,1-3H2,(H,11,12)(H,13,14). The minimum absolute atomic E-state index is 0.215. The van der Waals surface area contributed by atoms with E-state index in [1.54, 1.807) is 6.20 Å². The van der Waals surface area contributed by atoms with Crippen molar-refractivity contribution >= 4 is 11.6 Å². The quantitative estimate of drug-likeness (QED) is 0.731. The van der Waals surface area contributed by atoms with Gasteiger partial charge in [0.1, 0.15) is 5.41 Å². The number of anilines is 1. The van der Waals surface area contributed by atoms with E-state index in [-0.39, 0.29) is 5.91 Å². The van der Waals surface area contributed by atoms with E-state index in [1.165, 1.54) is 6.20 Å². The summed E-state index contributed by atoms with van der Waals surface area (Å²) in [7, 11) is 0. The van der Waals surface area contributed by atoms with Gasteiger partial charge in [0.15, 0.2) is 0 Å². The Balaban J connectivity index is 2.06. The number of nitrogens with one attached hydrogen (secondary N) is 2. The second-order valence-electron chi connectivity index (χ2n) is 3.49. The maximum Gasteiger partial charge on any atom is 0.244 e. The number of aromatic amines is 1. The topological polar surface area (TPSA) is 81.6 Å². The molecule has 0 spiro atoms. The molecule has 1 aromatic heterocycles. The lowest BCUT2D eigenvalue weighted by molar-refractivity contribution is -0.126. The van der Waals surface area contributed by atoms with Gasteiger partial charge in [0.2, 0.25) is 5.91 Å². The average Bonchev–Trinajstić information content (AvgIpc) is 2.55. The van der Waals surface area contributed by atoms with Crippen molar-refractivity contribution in [2.45, 2.75) is 19.3 Å². The molecular weight excluding hydrogens is 180 g/mol. The number of H-pyrrole nitrogens is 1. The summed E-state index contributed by atoms with van der Waals surface area (Å²) in [6, 6.07) is 2.08. The third-order valence-electron chi connectivity index (χ3n) is 2.61. The second-order valence-corrected chi connectivity index (χ2v) is 3.49. The summed E-state index contributed by atoms with van der Waals surface area (Å²) in [5.41, 5.74) is -0.186. The molecule has 0 saturated heterocycles. The van der Waals surface area contributed by atoms with Crippen molar-refractivity contribution in [3.05, 3.63) is 12.4 Å². The molecule has 1 aliphatic rings. The number of carbonyl (C=O) groups is 1. The van der Waals surface area contributed by atoms with E-state index in [0.717, 1.165) is 6.42 Å². The number of nitriles is 1. The predicted molar refractivity (Wildman–Crippen MR) is 49.1 cm³/mol. The van der Waals surface area contributed by atoms with Crippen LogP contribution >= 0.6 is 0 Å². The molecule has 0 radical (unpaired) electrons. The van der Waals surface area contributed by atoms with Crippen molar-refractivity contribution in [1.29, 1.82) is 5.26 Å². The summed E-state index contributed by atoms with van der Waals surface area (Å²) >= 11 is 0. The highest BCUT2D eigenvalue weighted by Gasteiger charge is 2.44. The summed E-state index contributed by atoms with van der Waals surface area (Å²) in [6.07, 6.45) is 5.37. The fourth-order valence-electron chi connectivity index (χ4n) is 1.49. The Morgan fingerprint density at radius 2 is 2.50 bits per heavy atom. The lowest BCUT2D eigenvalue weighted by Crippen LogP contribution is -2.40. The predicted octanol–water partition coefficient (Wildman–Crippen LogP) is 1.04. The Kier molecular flexibility index (Phi) is 1.97. The largest absolute Gasteiger partial charge is 0.322 e. The lowest BCUT2D eigenvalue weighted by atomic mass is 9.69. The zero-order valence-corrected chi connectivity index (χ0v) is 7.58. The molecule has 0 aliphatic heterocycles. The van der Waals surface area contributed by atoms with Crippen LogP contribution in [0.15, 0.2) is 12.4 Å². The zero-order valence-electron chi connectivity index (χ0n) is 7.58. The van der Waals surface area contributed by atoms with E-state index in [4.69, 9.17) is 5.26 Å². The van der Waals surface area contributed by atoms with Crippen LogP contribution in [0.25, 0.3) is 0 Å². The Hall–Kier alpha value is -1.83. The maximum absolute atomic E-state index is 11.7. The molecule has 5 heteroatoms. The smallest absolute Gasteiger partial charge is 0.244 e. The third-order valence-corrected chi connectivity index (χ3v) is 2.61. The van der Waals surface area contributed by atoms with Crippen molar-refractivity contribution in [2.24, 2.45) is 5.41 Å². The van der Waals surface area contributed by atoms with Gasteiger partial charge in [-0.25, -0.2) is 0 Å². The van der Waals surface area contributed by atoms with Crippen LogP contribution in [-0.2, 0) is 4.79 Å². The Labute approximate surface area is 81.1 Å². The number of hydrogen-bond acceptors (Lipinski definition) is 3. The van der Waals surface area contributed by atoms with Crippen molar-refractivity contribution < 1.29 is 4.79 Å². The van der Waals surface area contributed by atoms with Crippen molar-refractivity contribution in [3.63, 3.8) is 0 Å². The monoisotopic (exact) mass is 190 g/mol. The highest BCUT2D eigenvalue weighted by molar-refractivity contribution is 5.97. The fourth-order valence-corrected chi connectivity index (χ4v) is 1.49. The van der Waals surface area contributed by atoms with Crippen LogP contribution in [0.5, 0.6) is 0 Å². The summed E-state index contributed by atoms with van der Waals surface area (Å²) < 4.78 is 0. The molecule has 5 nitrogen and oxygen atoms in total. The molecule has 1 aromatic rings. The van der Waals surface area contributed by atoms with Gasteiger partial charge in [0, 0.05) is 6.20 Å². The first-order chi connectivity index (χ1) is 6.77. The van der Waals surface area contributed by atoms with Crippen LogP contribution in [0.1, 0.15) is 19.3 Å². The normalized spacial score (nSPS) is 17.9. The van der Waals surface area contributed by atoms with E-state index >= 15 is 0 Å². The van der Waals surface area contributed by atoms with Crippen LogP contribution < -0.4 is 5.32 Å². The first-order valence-corrected chi connectivity index (χ1v) is 4.48. The molecule has 1 amide bonds. The van der Waals surface area contributed by atoms with Gasteiger partial charge in [-0.2, -0.15) is 10.4 Å². The van der Waals surface area contributed by atoms with Crippen LogP contribution in [0.4, 0.5) is 5.69 Å². The first kappa shape index (κ1) is 8.75. The van der Waals surface area contributed by atoms with Gasteiger partial charge in [0.25, 0.3) is 0 Å². The molecule has 0 atom stereocenters. The molecule has 1 aliphatic carbocycles. The number of amides is 1.